The third-order valence-corrected chi connectivity index (χ3v) is 6.13. The fourth-order valence-corrected chi connectivity index (χ4v) is 4.15. The second-order valence-corrected chi connectivity index (χ2v) is 8.11. The zero-order valence-corrected chi connectivity index (χ0v) is 15.2. The first kappa shape index (κ1) is 17.4. The number of hydrogen-bond acceptors (Lipinski definition) is 4. The van der Waals surface area contributed by atoms with E-state index in [2.05, 4.69) is 34.7 Å². The smallest absolute Gasteiger partial charge is 0.226 e. The number of piperidine rings is 1. The van der Waals surface area contributed by atoms with Crippen molar-refractivity contribution in [2.24, 2.45) is 11.3 Å². The first-order valence-electron chi connectivity index (χ1n) is 9.60. The molecule has 0 unspecified atom stereocenters. The summed E-state index contributed by atoms with van der Waals surface area (Å²) in [7, 11) is 0. The van der Waals surface area contributed by atoms with Gasteiger partial charge in [0.15, 0.2) is 0 Å². The van der Waals surface area contributed by atoms with E-state index in [0.717, 1.165) is 55.2 Å². The maximum atomic E-state index is 13.1. The number of carbonyl (C=O) groups excluding carboxylic acids is 1. The first-order chi connectivity index (χ1) is 12.5. The zero-order valence-electron chi connectivity index (χ0n) is 15.2. The Hall–Kier alpha value is -1.98. The summed E-state index contributed by atoms with van der Waals surface area (Å²) in [5.41, 5.74) is 1.67. The van der Waals surface area contributed by atoms with Crippen LogP contribution in [0.2, 0.25) is 0 Å². The summed E-state index contributed by atoms with van der Waals surface area (Å²) in [5, 5.41) is 17.5. The van der Waals surface area contributed by atoms with Gasteiger partial charge in [-0.15, -0.1) is 0 Å². The molecular formula is C21H27N3O2. The highest BCUT2D eigenvalue weighted by molar-refractivity contribution is 5.83. The Morgan fingerprint density at radius 3 is 2.77 bits per heavy atom. The van der Waals surface area contributed by atoms with E-state index in [-0.39, 0.29) is 29.4 Å². The molecule has 2 aromatic rings. The molecule has 0 bridgehead atoms. The largest absolute Gasteiger partial charge is 0.393 e. The molecule has 138 valence electrons. The van der Waals surface area contributed by atoms with Crippen molar-refractivity contribution in [1.29, 1.82) is 0 Å². The number of aliphatic hydroxyl groups is 1. The van der Waals surface area contributed by atoms with Gasteiger partial charge < -0.3 is 15.7 Å². The number of fused-ring (bicyclic) bond motifs is 1. The SMILES string of the molecule is CC1(C(=O)N[C@@H](c2cnc3ccccc3c2)C2CC(O)C2)CCNCC1. The van der Waals surface area contributed by atoms with E-state index >= 15 is 0 Å². The summed E-state index contributed by atoms with van der Waals surface area (Å²) >= 11 is 0. The molecular weight excluding hydrogens is 326 g/mol. The predicted octanol–water partition coefficient (Wildman–Crippen LogP) is 2.55. The van der Waals surface area contributed by atoms with Crippen molar-refractivity contribution < 1.29 is 9.90 Å². The molecule has 26 heavy (non-hydrogen) atoms. The molecule has 5 heteroatoms. The first-order valence-corrected chi connectivity index (χ1v) is 9.60. The van der Waals surface area contributed by atoms with Crippen molar-refractivity contribution in [2.75, 3.05) is 13.1 Å². The topological polar surface area (TPSA) is 74.2 Å². The van der Waals surface area contributed by atoms with Crippen LogP contribution < -0.4 is 10.6 Å². The van der Waals surface area contributed by atoms with Crippen LogP contribution in [-0.4, -0.2) is 35.2 Å². The van der Waals surface area contributed by atoms with E-state index in [9.17, 15) is 9.90 Å². The minimum Gasteiger partial charge on any atom is -0.393 e. The number of para-hydroxylation sites is 1. The lowest BCUT2D eigenvalue weighted by atomic mass is 9.74. The molecule has 4 rings (SSSR count). The predicted molar refractivity (Wildman–Crippen MR) is 102 cm³/mol. The third-order valence-electron chi connectivity index (χ3n) is 6.13. The van der Waals surface area contributed by atoms with E-state index in [1.165, 1.54) is 0 Å². The number of benzene rings is 1. The van der Waals surface area contributed by atoms with E-state index in [4.69, 9.17) is 0 Å². The maximum Gasteiger partial charge on any atom is 0.226 e. The molecule has 1 aromatic heterocycles. The third kappa shape index (κ3) is 3.33. The number of nitrogens with one attached hydrogen (secondary N) is 2. The quantitative estimate of drug-likeness (QED) is 0.790. The fraction of sp³-hybridized carbons (Fsp3) is 0.524. The normalized spacial score (nSPS) is 26.1. The Morgan fingerprint density at radius 1 is 1.31 bits per heavy atom. The highest BCUT2D eigenvalue weighted by Crippen LogP contribution is 2.39. The average Bonchev–Trinajstić information content (AvgIpc) is 2.64. The number of aliphatic hydroxyl groups excluding tert-OH is 1. The molecule has 2 aliphatic rings. The van der Waals surface area contributed by atoms with Gasteiger partial charge in [-0.3, -0.25) is 9.78 Å². The minimum absolute atomic E-state index is 0.0882. The van der Waals surface area contributed by atoms with E-state index in [0.29, 0.717) is 0 Å². The van der Waals surface area contributed by atoms with Gasteiger partial charge in [-0.05, 0) is 62.4 Å². The van der Waals surface area contributed by atoms with Gasteiger partial charge in [0.05, 0.1) is 17.7 Å². The van der Waals surface area contributed by atoms with Gasteiger partial charge in [-0.1, -0.05) is 25.1 Å². The summed E-state index contributed by atoms with van der Waals surface area (Å²) in [6.07, 6.45) is 4.81. The molecule has 3 N–H and O–H groups in total. The Labute approximate surface area is 154 Å². The van der Waals surface area contributed by atoms with Crippen LogP contribution in [0.25, 0.3) is 10.9 Å². The number of pyridine rings is 1. The molecule has 2 fully saturated rings. The van der Waals surface area contributed by atoms with Crippen LogP contribution in [0.5, 0.6) is 0 Å². The van der Waals surface area contributed by atoms with Crippen LogP contribution in [0.4, 0.5) is 0 Å². The van der Waals surface area contributed by atoms with Crippen molar-refractivity contribution in [1.82, 2.24) is 15.6 Å². The van der Waals surface area contributed by atoms with Gasteiger partial charge in [0.2, 0.25) is 5.91 Å². The van der Waals surface area contributed by atoms with Crippen molar-refractivity contribution in [3.05, 3.63) is 42.1 Å². The van der Waals surface area contributed by atoms with Gasteiger partial charge in [-0.25, -0.2) is 0 Å². The molecule has 1 aliphatic carbocycles. The number of hydrogen-bond donors (Lipinski definition) is 3. The van der Waals surface area contributed by atoms with Gasteiger partial charge in [0.25, 0.3) is 0 Å². The summed E-state index contributed by atoms with van der Waals surface area (Å²) in [4.78, 5) is 17.6. The summed E-state index contributed by atoms with van der Waals surface area (Å²) < 4.78 is 0. The molecule has 1 atom stereocenters. The second kappa shape index (κ2) is 6.97. The standard InChI is InChI=1S/C21H27N3O2/c1-21(6-8-22-9-7-21)20(26)24-19(15-11-17(25)12-15)16-10-14-4-2-3-5-18(14)23-13-16/h2-5,10,13,15,17,19,22,25H,6-9,11-12H2,1H3,(H,24,26)/t15?,17?,19-/m1/s1. The lowest BCUT2D eigenvalue weighted by Crippen LogP contribution is -2.49. The van der Waals surface area contributed by atoms with Crippen LogP contribution in [0, 0.1) is 11.3 Å². The minimum atomic E-state index is -0.323. The highest BCUT2D eigenvalue weighted by Gasteiger charge is 2.40. The summed E-state index contributed by atoms with van der Waals surface area (Å²) in [5.74, 6) is 0.390. The second-order valence-electron chi connectivity index (χ2n) is 8.11. The fourth-order valence-electron chi connectivity index (χ4n) is 4.15. The van der Waals surface area contributed by atoms with Crippen LogP contribution in [0.3, 0.4) is 0 Å². The van der Waals surface area contributed by atoms with Crippen LogP contribution in [0.1, 0.15) is 44.2 Å². The van der Waals surface area contributed by atoms with Crippen LogP contribution in [-0.2, 0) is 4.79 Å². The molecule has 1 aromatic carbocycles. The molecule has 1 amide bonds. The monoisotopic (exact) mass is 353 g/mol. The molecule has 1 saturated heterocycles. The number of aromatic nitrogens is 1. The van der Waals surface area contributed by atoms with Gasteiger partial charge in [0.1, 0.15) is 0 Å². The van der Waals surface area contributed by atoms with Gasteiger partial charge in [-0.2, -0.15) is 0 Å². The molecule has 2 heterocycles. The van der Waals surface area contributed by atoms with Crippen molar-refractivity contribution in [3.8, 4) is 0 Å². The molecule has 1 saturated carbocycles. The lowest BCUT2D eigenvalue weighted by Gasteiger charge is -2.41. The van der Waals surface area contributed by atoms with Crippen molar-refractivity contribution in [2.45, 2.75) is 44.8 Å². The Kier molecular flexibility index (Phi) is 4.67. The number of nitrogens with zero attached hydrogens (tertiary/aromatic N) is 1. The maximum absolute atomic E-state index is 13.1. The van der Waals surface area contributed by atoms with Crippen LogP contribution in [0.15, 0.2) is 36.5 Å². The van der Waals surface area contributed by atoms with Gasteiger partial charge >= 0.3 is 0 Å². The van der Waals surface area contributed by atoms with E-state index in [1.807, 2.05) is 24.4 Å². The van der Waals surface area contributed by atoms with Gasteiger partial charge in [0, 0.05) is 17.0 Å². The van der Waals surface area contributed by atoms with Crippen LogP contribution >= 0.6 is 0 Å². The van der Waals surface area contributed by atoms with E-state index < -0.39 is 0 Å². The molecule has 0 spiro atoms. The number of rotatable bonds is 4. The average molecular weight is 353 g/mol. The van der Waals surface area contributed by atoms with Crippen molar-refractivity contribution >= 4 is 16.8 Å². The Bertz CT molecular complexity index is 795. The summed E-state index contributed by atoms with van der Waals surface area (Å²) in [6.45, 7) is 3.83. The number of carbonyl (C=O) groups is 1. The zero-order chi connectivity index (χ0) is 18.1. The summed E-state index contributed by atoms with van der Waals surface area (Å²) in [6, 6.07) is 10.1. The molecule has 5 nitrogen and oxygen atoms in total. The Morgan fingerprint density at radius 2 is 2.04 bits per heavy atom. The molecule has 0 radical (unpaired) electrons. The highest BCUT2D eigenvalue weighted by atomic mass is 16.3. The lowest BCUT2D eigenvalue weighted by molar-refractivity contribution is -0.133. The van der Waals surface area contributed by atoms with E-state index in [1.54, 1.807) is 0 Å². The number of amides is 1. The molecule has 1 aliphatic heterocycles. The van der Waals surface area contributed by atoms with Crippen molar-refractivity contribution in [3.63, 3.8) is 0 Å². The Balaban J connectivity index is 1.60.